The first-order valence-corrected chi connectivity index (χ1v) is 10.9. The summed E-state index contributed by atoms with van der Waals surface area (Å²) in [7, 11) is 0. The molecule has 0 spiro atoms. The van der Waals surface area contributed by atoms with Crippen LogP contribution in [0.4, 0.5) is 5.69 Å². The van der Waals surface area contributed by atoms with Gasteiger partial charge in [-0.2, -0.15) is 4.98 Å². The van der Waals surface area contributed by atoms with Gasteiger partial charge in [-0.25, -0.2) is 0 Å². The lowest BCUT2D eigenvalue weighted by Crippen LogP contribution is -2.37. The van der Waals surface area contributed by atoms with Gasteiger partial charge in [0.15, 0.2) is 0 Å². The first-order chi connectivity index (χ1) is 15.6. The molecule has 2 heterocycles. The summed E-state index contributed by atoms with van der Waals surface area (Å²) in [5.41, 5.74) is 1.63. The van der Waals surface area contributed by atoms with E-state index in [-0.39, 0.29) is 11.8 Å². The van der Waals surface area contributed by atoms with Crippen molar-refractivity contribution in [1.29, 1.82) is 0 Å². The van der Waals surface area contributed by atoms with Crippen LogP contribution in [0.2, 0.25) is 5.02 Å². The molecule has 0 bridgehead atoms. The highest BCUT2D eigenvalue weighted by atomic mass is 35.5. The first kappa shape index (κ1) is 22.0. The van der Waals surface area contributed by atoms with E-state index in [0.717, 1.165) is 42.9 Å². The molecule has 1 aliphatic heterocycles. The van der Waals surface area contributed by atoms with E-state index in [1.807, 2.05) is 36.4 Å². The molecule has 1 saturated heterocycles. The average Bonchev–Trinajstić information content (AvgIpc) is 3.28. The third kappa shape index (κ3) is 5.75. The molecule has 0 radical (unpaired) electrons. The van der Waals surface area contributed by atoms with Crippen molar-refractivity contribution in [2.24, 2.45) is 5.92 Å². The number of halogens is 1. The van der Waals surface area contributed by atoms with E-state index in [1.165, 1.54) is 0 Å². The zero-order valence-electron chi connectivity index (χ0n) is 17.7. The fourth-order valence-corrected chi connectivity index (χ4v) is 3.74. The number of hydrogen-bond donors (Lipinski definition) is 1. The number of likely N-dealkylation sites (tertiary alicyclic amines) is 1. The maximum absolute atomic E-state index is 12.6. The monoisotopic (exact) mass is 452 g/mol. The predicted octanol–water partition coefficient (Wildman–Crippen LogP) is 4.81. The van der Waals surface area contributed by atoms with Crippen LogP contribution in [-0.2, 0) is 11.3 Å². The molecular weight excluding hydrogens is 428 g/mol. The maximum atomic E-state index is 12.6. The highest BCUT2D eigenvalue weighted by Crippen LogP contribution is 2.23. The zero-order valence-corrected chi connectivity index (χ0v) is 18.4. The van der Waals surface area contributed by atoms with Crippen LogP contribution in [0.1, 0.15) is 18.7 Å². The highest BCUT2D eigenvalue weighted by Gasteiger charge is 2.26. The van der Waals surface area contributed by atoms with Gasteiger partial charge in [0.2, 0.25) is 17.6 Å². The minimum absolute atomic E-state index is 0.0183. The zero-order chi connectivity index (χ0) is 22.3. The minimum atomic E-state index is -0.0183. The van der Waals surface area contributed by atoms with Crippen molar-refractivity contribution in [3.8, 4) is 17.1 Å². The number of anilines is 1. The van der Waals surface area contributed by atoms with Crippen molar-refractivity contribution in [2.75, 3.05) is 25.0 Å². The van der Waals surface area contributed by atoms with Crippen molar-refractivity contribution in [1.82, 2.24) is 15.0 Å². The van der Waals surface area contributed by atoms with Gasteiger partial charge in [-0.15, -0.1) is 0 Å². The van der Waals surface area contributed by atoms with Crippen LogP contribution in [0.3, 0.4) is 0 Å². The van der Waals surface area contributed by atoms with Crippen LogP contribution in [0.25, 0.3) is 11.4 Å². The quantitative estimate of drug-likeness (QED) is 0.494. The molecule has 1 fully saturated rings. The number of amides is 1. The summed E-state index contributed by atoms with van der Waals surface area (Å²) in [6, 6.07) is 14.7. The van der Waals surface area contributed by atoms with Gasteiger partial charge >= 0.3 is 0 Å². The molecule has 3 aromatic rings. The van der Waals surface area contributed by atoms with Gasteiger partial charge in [0.25, 0.3) is 0 Å². The van der Waals surface area contributed by atoms with E-state index < -0.39 is 0 Å². The number of ether oxygens (including phenoxy) is 1. The average molecular weight is 453 g/mol. The second-order valence-corrected chi connectivity index (χ2v) is 8.12. The number of nitrogens with one attached hydrogen (secondary N) is 1. The number of piperidine rings is 1. The van der Waals surface area contributed by atoms with E-state index in [1.54, 1.807) is 18.2 Å². The number of benzene rings is 2. The maximum Gasteiger partial charge on any atom is 0.241 e. The van der Waals surface area contributed by atoms with Crippen LogP contribution in [0.5, 0.6) is 5.75 Å². The van der Waals surface area contributed by atoms with E-state index in [4.69, 9.17) is 20.9 Å². The van der Waals surface area contributed by atoms with E-state index in [0.29, 0.717) is 29.9 Å². The number of nitrogens with zero attached hydrogens (tertiary/aromatic N) is 3. The third-order valence-electron chi connectivity index (χ3n) is 5.38. The van der Waals surface area contributed by atoms with Crippen LogP contribution in [0.15, 0.2) is 65.7 Å². The van der Waals surface area contributed by atoms with Crippen LogP contribution in [-0.4, -0.2) is 40.6 Å². The van der Waals surface area contributed by atoms with E-state index in [9.17, 15) is 4.79 Å². The van der Waals surface area contributed by atoms with Crippen molar-refractivity contribution >= 4 is 23.2 Å². The molecule has 0 aliphatic carbocycles. The summed E-state index contributed by atoms with van der Waals surface area (Å²) in [6.45, 7) is 6.25. The molecule has 1 aromatic heterocycles. The number of aromatic nitrogens is 2. The fourth-order valence-electron chi connectivity index (χ4n) is 3.61. The third-order valence-corrected chi connectivity index (χ3v) is 5.63. The Hall–Kier alpha value is -3.16. The molecule has 7 nitrogen and oxygen atoms in total. The Balaban J connectivity index is 1.24. The predicted molar refractivity (Wildman–Crippen MR) is 124 cm³/mol. The number of rotatable bonds is 8. The smallest absolute Gasteiger partial charge is 0.241 e. The molecule has 0 atom stereocenters. The lowest BCUT2D eigenvalue weighted by molar-refractivity contribution is -0.121. The van der Waals surface area contributed by atoms with Crippen molar-refractivity contribution in [3.05, 3.63) is 72.1 Å². The largest absolute Gasteiger partial charge is 0.490 e. The summed E-state index contributed by atoms with van der Waals surface area (Å²) in [6.07, 6.45) is 3.26. The Morgan fingerprint density at radius 3 is 2.59 bits per heavy atom. The lowest BCUT2D eigenvalue weighted by atomic mass is 9.96. The molecule has 1 aliphatic rings. The molecule has 8 heteroatoms. The number of hydrogen-bond acceptors (Lipinski definition) is 6. The second kappa shape index (κ2) is 10.4. The summed E-state index contributed by atoms with van der Waals surface area (Å²) < 4.78 is 10.9. The summed E-state index contributed by atoms with van der Waals surface area (Å²) in [4.78, 5) is 19.4. The number of carbonyl (C=O) groups is 1. The lowest BCUT2D eigenvalue weighted by Gasteiger charge is -2.30. The van der Waals surface area contributed by atoms with Gasteiger partial charge in [-0.3, -0.25) is 9.69 Å². The van der Waals surface area contributed by atoms with Crippen molar-refractivity contribution in [3.63, 3.8) is 0 Å². The van der Waals surface area contributed by atoms with Crippen molar-refractivity contribution in [2.45, 2.75) is 19.4 Å². The SMILES string of the molecule is C=CCOc1ccc(NC(=O)C2CCN(Cc3nc(-c4ccc(Cl)cc4)no3)CC2)cc1. The Bertz CT molecular complexity index is 1040. The van der Waals surface area contributed by atoms with Crippen molar-refractivity contribution < 1.29 is 14.1 Å². The van der Waals surface area contributed by atoms with Crippen LogP contribution < -0.4 is 10.1 Å². The standard InChI is InChI=1S/C24H25ClN4O3/c1-2-15-31-21-9-7-20(8-10-21)26-24(30)18-11-13-29(14-12-18)16-22-27-23(28-32-22)17-3-5-19(25)6-4-17/h2-10,18H,1,11-16H2,(H,26,30). The first-order valence-electron chi connectivity index (χ1n) is 10.6. The van der Waals surface area contributed by atoms with Gasteiger partial charge in [-0.05, 0) is 74.5 Å². The Morgan fingerprint density at radius 2 is 1.91 bits per heavy atom. The molecule has 2 aromatic carbocycles. The van der Waals surface area contributed by atoms with E-state index in [2.05, 4.69) is 26.9 Å². The summed E-state index contributed by atoms with van der Waals surface area (Å²) in [5, 5.41) is 7.73. The Labute approximate surface area is 192 Å². The van der Waals surface area contributed by atoms with Gasteiger partial charge in [0.1, 0.15) is 12.4 Å². The molecule has 1 amide bonds. The highest BCUT2D eigenvalue weighted by molar-refractivity contribution is 6.30. The molecule has 0 unspecified atom stereocenters. The minimum Gasteiger partial charge on any atom is -0.490 e. The summed E-state index contributed by atoms with van der Waals surface area (Å²) >= 11 is 5.93. The molecule has 1 N–H and O–H groups in total. The van der Waals surface area contributed by atoms with Gasteiger partial charge < -0.3 is 14.6 Å². The van der Waals surface area contributed by atoms with Gasteiger partial charge in [0.05, 0.1) is 6.54 Å². The second-order valence-electron chi connectivity index (χ2n) is 7.68. The topological polar surface area (TPSA) is 80.5 Å². The molecular formula is C24H25ClN4O3. The normalized spacial score (nSPS) is 14.8. The molecule has 166 valence electrons. The molecule has 32 heavy (non-hydrogen) atoms. The van der Waals surface area contributed by atoms with Crippen LogP contribution in [0, 0.1) is 5.92 Å². The van der Waals surface area contributed by atoms with Gasteiger partial charge in [0, 0.05) is 22.2 Å². The Morgan fingerprint density at radius 1 is 1.19 bits per heavy atom. The van der Waals surface area contributed by atoms with Gasteiger partial charge in [-0.1, -0.05) is 29.4 Å². The van der Waals surface area contributed by atoms with Crippen LogP contribution >= 0.6 is 11.6 Å². The Kier molecular flexibility index (Phi) is 7.19. The molecule has 4 rings (SSSR count). The number of carbonyl (C=O) groups excluding carboxylic acids is 1. The van der Waals surface area contributed by atoms with E-state index >= 15 is 0 Å². The fraction of sp³-hybridized carbons (Fsp3) is 0.292. The summed E-state index contributed by atoms with van der Waals surface area (Å²) in [5.74, 6) is 1.89. The molecule has 0 saturated carbocycles.